The van der Waals surface area contributed by atoms with E-state index in [-0.39, 0.29) is 31.4 Å². The number of methoxy groups -OCH3 is 2. The van der Waals surface area contributed by atoms with Gasteiger partial charge in [-0.1, -0.05) is 18.2 Å². The summed E-state index contributed by atoms with van der Waals surface area (Å²) in [6.07, 6.45) is -0.797. The molecule has 0 spiro atoms. The Morgan fingerprint density at radius 1 is 1.33 bits per heavy atom. The molecule has 21 heavy (non-hydrogen) atoms. The average molecular weight is 319 g/mol. The number of benzene rings is 1. The highest BCUT2D eigenvalue weighted by molar-refractivity contribution is 5.85. The molecule has 1 atom stereocenters. The number of carbonyl (C=O) groups is 1. The van der Waals surface area contributed by atoms with E-state index in [1.165, 1.54) is 0 Å². The van der Waals surface area contributed by atoms with Crippen LogP contribution in [-0.2, 0) is 9.53 Å². The Morgan fingerprint density at radius 2 is 2.05 bits per heavy atom. The lowest BCUT2D eigenvalue weighted by Crippen LogP contribution is -2.37. The van der Waals surface area contributed by atoms with Gasteiger partial charge in [-0.15, -0.1) is 12.4 Å². The first kappa shape index (κ1) is 19.7. The molecule has 0 aliphatic heterocycles. The first-order chi connectivity index (χ1) is 9.69. The van der Waals surface area contributed by atoms with Crippen molar-refractivity contribution in [3.8, 4) is 5.75 Å². The van der Waals surface area contributed by atoms with Crippen molar-refractivity contribution in [2.75, 3.05) is 40.5 Å². The molecule has 1 unspecified atom stereocenters. The first-order valence-electron chi connectivity index (χ1n) is 6.46. The second-order valence-electron chi connectivity index (χ2n) is 4.23. The van der Waals surface area contributed by atoms with Gasteiger partial charge in [-0.25, -0.2) is 0 Å². The number of hydrogen-bond acceptors (Lipinski definition) is 5. The summed E-state index contributed by atoms with van der Waals surface area (Å²) in [5, 5.41) is 15.6. The molecule has 0 aliphatic carbocycles. The van der Waals surface area contributed by atoms with Gasteiger partial charge in [0.2, 0.25) is 5.91 Å². The molecule has 0 saturated heterocycles. The SMILES string of the molecule is COCCNCC(=O)NCC(O)c1ccccc1OC.Cl. The monoisotopic (exact) mass is 318 g/mol. The highest BCUT2D eigenvalue weighted by Gasteiger charge is 2.13. The molecule has 1 amide bonds. The zero-order chi connectivity index (χ0) is 14.8. The van der Waals surface area contributed by atoms with E-state index in [4.69, 9.17) is 9.47 Å². The van der Waals surface area contributed by atoms with Crippen LogP contribution in [0.4, 0.5) is 0 Å². The number of hydrogen-bond donors (Lipinski definition) is 3. The summed E-state index contributed by atoms with van der Waals surface area (Å²) in [7, 11) is 3.15. The van der Waals surface area contributed by atoms with Crippen LogP contribution >= 0.6 is 12.4 Å². The van der Waals surface area contributed by atoms with Crippen LogP contribution < -0.4 is 15.4 Å². The van der Waals surface area contributed by atoms with E-state index < -0.39 is 6.10 Å². The number of rotatable bonds is 9. The second kappa shape index (κ2) is 11.3. The van der Waals surface area contributed by atoms with Gasteiger partial charge in [0.1, 0.15) is 5.75 Å². The number of para-hydroxylation sites is 1. The summed E-state index contributed by atoms with van der Waals surface area (Å²) < 4.78 is 10.0. The lowest BCUT2D eigenvalue weighted by molar-refractivity contribution is -0.120. The van der Waals surface area contributed by atoms with Gasteiger partial charge < -0.3 is 25.2 Å². The van der Waals surface area contributed by atoms with Crippen LogP contribution in [0, 0.1) is 0 Å². The van der Waals surface area contributed by atoms with Crippen molar-refractivity contribution < 1.29 is 19.4 Å². The van der Waals surface area contributed by atoms with Gasteiger partial charge in [-0.05, 0) is 6.07 Å². The molecule has 3 N–H and O–H groups in total. The summed E-state index contributed by atoms with van der Waals surface area (Å²) >= 11 is 0. The molecule has 0 radical (unpaired) electrons. The second-order valence-corrected chi connectivity index (χ2v) is 4.23. The predicted molar refractivity (Wildman–Crippen MR) is 83.0 cm³/mol. The number of aliphatic hydroxyl groups excluding tert-OH is 1. The van der Waals surface area contributed by atoms with Gasteiger partial charge in [0.25, 0.3) is 0 Å². The van der Waals surface area contributed by atoms with E-state index in [2.05, 4.69) is 10.6 Å². The van der Waals surface area contributed by atoms with Crippen LogP contribution in [-0.4, -0.2) is 51.5 Å². The molecule has 0 bridgehead atoms. The molecule has 6 nitrogen and oxygen atoms in total. The van der Waals surface area contributed by atoms with Crippen molar-refractivity contribution in [2.24, 2.45) is 0 Å². The molecule has 120 valence electrons. The third-order valence-corrected chi connectivity index (χ3v) is 2.76. The molecular weight excluding hydrogens is 296 g/mol. The quantitative estimate of drug-likeness (QED) is 0.578. The fourth-order valence-electron chi connectivity index (χ4n) is 1.70. The zero-order valence-electron chi connectivity index (χ0n) is 12.3. The molecule has 0 heterocycles. The smallest absolute Gasteiger partial charge is 0.234 e. The van der Waals surface area contributed by atoms with Crippen molar-refractivity contribution in [3.05, 3.63) is 29.8 Å². The largest absolute Gasteiger partial charge is 0.496 e. The van der Waals surface area contributed by atoms with Crippen molar-refractivity contribution in [2.45, 2.75) is 6.10 Å². The molecule has 1 aromatic carbocycles. The predicted octanol–water partition coefficient (Wildman–Crippen LogP) is 0.503. The summed E-state index contributed by atoms with van der Waals surface area (Å²) in [6, 6.07) is 7.18. The molecule has 0 fully saturated rings. The molecule has 1 rings (SSSR count). The Morgan fingerprint density at radius 3 is 2.71 bits per heavy atom. The highest BCUT2D eigenvalue weighted by atomic mass is 35.5. The van der Waals surface area contributed by atoms with Crippen molar-refractivity contribution >= 4 is 18.3 Å². The van der Waals surface area contributed by atoms with Gasteiger partial charge in [0.15, 0.2) is 0 Å². The maximum atomic E-state index is 11.5. The van der Waals surface area contributed by atoms with E-state index >= 15 is 0 Å². The number of ether oxygens (including phenoxy) is 2. The van der Waals surface area contributed by atoms with Crippen molar-refractivity contribution in [3.63, 3.8) is 0 Å². The van der Waals surface area contributed by atoms with Gasteiger partial charge >= 0.3 is 0 Å². The summed E-state index contributed by atoms with van der Waals surface area (Å²) in [5.74, 6) is 0.433. The van der Waals surface area contributed by atoms with E-state index in [9.17, 15) is 9.90 Å². The van der Waals surface area contributed by atoms with Gasteiger partial charge in [-0.3, -0.25) is 4.79 Å². The average Bonchev–Trinajstić information content (AvgIpc) is 2.49. The molecule has 0 aliphatic rings. The Hall–Kier alpha value is -1.34. The first-order valence-corrected chi connectivity index (χ1v) is 6.46. The van der Waals surface area contributed by atoms with Gasteiger partial charge in [-0.2, -0.15) is 0 Å². The maximum absolute atomic E-state index is 11.5. The van der Waals surface area contributed by atoms with Crippen LogP contribution in [0.2, 0.25) is 0 Å². The van der Waals surface area contributed by atoms with Crippen molar-refractivity contribution in [1.82, 2.24) is 10.6 Å². The minimum absolute atomic E-state index is 0. The van der Waals surface area contributed by atoms with E-state index in [1.54, 1.807) is 26.4 Å². The Labute approximate surface area is 131 Å². The number of aliphatic hydroxyl groups is 1. The summed E-state index contributed by atoms with van der Waals surface area (Å²) in [5.41, 5.74) is 0.655. The van der Waals surface area contributed by atoms with Crippen LogP contribution in [0.15, 0.2) is 24.3 Å². The van der Waals surface area contributed by atoms with E-state index in [1.807, 2.05) is 12.1 Å². The molecule has 7 heteroatoms. The number of nitrogens with one attached hydrogen (secondary N) is 2. The minimum atomic E-state index is -0.797. The normalized spacial score (nSPS) is 11.4. The van der Waals surface area contributed by atoms with E-state index in [0.717, 1.165) is 0 Å². The van der Waals surface area contributed by atoms with Crippen LogP contribution in [0.5, 0.6) is 5.75 Å². The number of amides is 1. The fourth-order valence-corrected chi connectivity index (χ4v) is 1.70. The van der Waals surface area contributed by atoms with Crippen LogP contribution in [0.25, 0.3) is 0 Å². The topological polar surface area (TPSA) is 79.8 Å². The fraction of sp³-hybridized carbons (Fsp3) is 0.500. The standard InChI is InChI=1S/C14H22N2O4.ClH/c1-19-8-7-15-10-14(18)16-9-12(17)11-5-3-4-6-13(11)20-2;/h3-6,12,15,17H,7-10H2,1-2H3,(H,16,18);1H. The molecule has 0 aromatic heterocycles. The lowest BCUT2D eigenvalue weighted by Gasteiger charge is -2.15. The van der Waals surface area contributed by atoms with E-state index in [0.29, 0.717) is 24.5 Å². The summed E-state index contributed by atoms with van der Waals surface area (Å²) in [4.78, 5) is 11.5. The van der Waals surface area contributed by atoms with Crippen LogP contribution in [0.3, 0.4) is 0 Å². The lowest BCUT2D eigenvalue weighted by atomic mass is 10.1. The molecule has 0 saturated carbocycles. The third kappa shape index (κ3) is 7.29. The summed E-state index contributed by atoms with van der Waals surface area (Å²) in [6.45, 7) is 1.50. The van der Waals surface area contributed by atoms with Crippen molar-refractivity contribution in [1.29, 1.82) is 0 Å². The Balaban J connectivity index is 0.00000400. The maximum Gasteiger partial charge on any atom is 0.234 e. The van der Waals surface area contributed by atoms with Gasteiger partial charge in [0, 0.05) is 25.8 Å². The minimum Gasteiger partial charge on any atom is -0.496 e. The Kier molecular flexibility index (Phi) is 10.6. The third-order valence-electron chi connectivity index (χ3n) is 2.76. The number of halogens is 1. The Bertz CT molecular complexity index is 418. The van der Waals surface area contributed by atoms with Crippen LogP contribution in [0.1, 0.15) is 11.7 Å². The zero-order valence-corrected chi connectivity index (χ0v) is 13.1. The highest BCUT2D eigenvalue weighted by Crippen LogP contribution is 2.23. The molecular formula is C14H23ClN2O4. The molecule has 1 aromatic rings. The number of carbonyl (C=O) groups excluding carboxylic acids is 1. The van der Waals surface area contributed by atoms with Gasteiger partial charge in [0.05, 0.1) is 26.4 Å².